The molecule has 1 aromatic heterocycles. The Hall–Kier alpha value is -3.75. The van der Waals surface area contributed by atoms with Crippen LogP contribution in [0.1, 0.15) is 38.1 Å². The number of benzene rings is 1. The number of carboxylic acid groups (broad SMARTS) is 1. The number of nitrogens with zero attached hydrogens (tertiary/aromatic N) is 4. The molecule has 0 spiro atoms. The lowest BCUT2D eigenvalue weighted by Gasteiger charge is -2.35. The molecule has 1 amide bonds. The summed E-state index contributed by atoms with van der Waals surface area (Å²) in [5, 5.41) is 10.5. The maximum Gasteiger partial charge on any atom is 0.490 e. The second-order valence-electron chi connectivity index (χ2n) is 9.66. The van der Waals surface area contributed by atoms with E-state index < -0.39 is 23.8 Å². The average molecular weight is 590 g/mol. The molecule has 3 heterocycles. The summed E-state index contributed by atoms with van der Waals surface area (Å²) in [6.45, 7) is 6.48. The molecule has 0 radical (unpaired) electrons. The molecule has 1 saturated heterocycles. The minimum atomic E-state index is -5.08. The van der Waals surface area contributed by atoms with Crippen molar-refractivity contribution in [2.45, 2.75) is 58.0 Å². The minimum absolute atomic E-state index is 0.0194. The van der Waals surface area contributed by atoms with Gasteiger partial charge in [0.2, 0.25) is 5.91 Å². The summed E-state index contributed by atoms with van der Waals surface area (Å²) in [6.07, 6.45) is -3.26. The smallest absolute Gasteiger partial charge is 0.487 e. The minimum Gasteiger partial charge on any atom is -0.487 e. The standard InChI is InChI=1S/C24H31F2N5O3.C2HF3O2/c1-15(14-33-3)27-23-24(29-20-8-11-31(16(2)32)13-21(20)28-23)30-9-6-18(7-10-30)34-22-5-4-17(25)12-19(22)26;3-2(4,5)1(6)7/h4-5,12,15,18H,6-11,13-14H2,1-3H3,(H,27,28);(H,6,7)/t15-;/m0./s1. The number of piperidine rings is 1. The number of aromatic nitrogens is 2. The van der Waals surface area contributed by atoms with Crippen LogP contribution in [0.5, 0.6) is 5.75 Å². The van der Waals surface area contributed by atoms with Gasteiger partial charge in [-0.2, -0.15) is 13.2 Å². The van der Waals surface area contributed by atoms with Gasteiger partial charge in [-0.3, -0.25) is 4.79 Å². The first-order valence-electron chi connectivity index (χ1n) is 12.9. The third-order valence-corrected chi connectivity index (χ3v) is 6.41. The Balaban J connectivity index is 0.000000587. The molecule has 4 rings (SSSR count). The molecule has 226 valence electrons. The second-order valence-corrected chi connectivity index (χ2v) is 9.66. The molecule has 0 saturated carbocycles. The fourth-order valence-corrected chi connectivity index (χ4v) is 4.37. The van der Waals surface area contributed by atoms with E-state index in [1.54, 1.807) is 18.9 Å². The van der Waals surface area contributed by atoms with Crippen LogP contribution in [0, 0.1) is 11.6 Å². The van der Waals surface area contributed by atoms with Crippen molar-refractivity contribution in [3.05, 3.63) is 41.2 Å². The summed E-state index contributed by atoms with van der Waals surface area (Å²) < 4.78 is 70.0. The second kappa shape index (κ2) is 13.7. The van der Waals surface area contributed by atoms with Gasteiger partial charge in [-0.1, -0.05) is 0 Å². The Morgan fingerprint density at radius 2 is 1.80 bits per heavy atom. The molecule has 2 N–H and O–H groups in total. The van der Waals surface area contributed by atoms with Gasteiger partial charge < -0.3 is 29.7 Å². The number of methoxy groups -OCH3 is 1. The highest BCUT2D eigenvalue weighted by atomic mass is 19.4. The van der Waals surface area contributed by atoms with Crippen LogP contribution in [-0.2, 0) is 27.3 Å². The molecule has 2 aromatic rings. The summed E-state index contributed by atoms with van der Waals surface area (Å²) in [5.41, 5.74) is 1.71. The lowest BCUT2D eigenvalue weighted by molar-refractivity contribution is -0.192. The zero-order valence-corrected chi connectivity index (χ0v) is 22.8. The van der Waals surface area contributed by atoms with Gasteiger partial charge in [0, 0.05) is 65.0 Å². The van der Waals surface area contributed by atoms with E-state index in [2.05, 4.69) is 10.2 Å². The topological polar surface area (TPSA) is 117 Å². The van der Waals surface area contributed by atoms with Crippen molar-refractivity contribution in [2.24, 2.45) is 0 Å². The van der Waals surface area contributed by atoms with Crippen LogP contribution in [0.25, 0.3) is 0 Å². The molecule has 15 heteroatoms. The number of ether oxygens (including phenoxy) is 2. The molecule has 0 bridgehead atoms. The molecule has 1 atom stereocenters. The van der Waals surface area contributed by atoms with E-state index in [1.165, 1.54) is 12.1 Å². The van der Waals surface area contributed by atoms with Crippen molar-refractivity contribution in [2.75, 3.05) is 43.6 Å². The zero-order valence-electron chi connectivity index (χ0n) is 22.8. The predicted octanol–water partition coefficient (Wildman–Crippen LogP) is 3.79. The van der Waals surface area contributed by atoms with E-state index in [9.17, 15) is 26.7 Å². The number of carbonyl (C=O) groups excluding carboxylic acids is 1. The Bertz CT molecular complexity index is 1220. The number of amides is 1. The lowest BCUT2D eigenvalue weighted by atomic mass is 10.1. The van der Waals surface area contributed by atoms with E-state index >= 15 is 0 Å². The Kier molecular flexibility index (Phi) is 10.7. The quantitative estimate of drug-likeness (QED) is 0.466. The van der Waals surface area contributed by atoms with Gasteiger partial charge in [0.15, 0.2) is 23.2 Å². The van der Waals surface area contributed by atoms with Crippen molar-refractivity contribution in [1.29, 1.82) is 0 Å². The molecule has 10 nitrogen and oxygen atoms in total. The van der Waals surface area contributed by atoms with Crippen LogP contribution in [0.4, 0.5) is 33.6 Å². The van der Waals surface area contributed by atoms with E-state index in [0.717, 1.165) is 23.3 Å². The van der Waals surface area contributed by atoms with Gasteiger partial charge in [0.1, 0.15) is 11.9 Å². The molecule has 41 heavy (non-hydrogen) atoms. The summed E-state index contributed by atoms with van der Waals surface area (Å²) in [5.74, 6) is -2.55. The summed E-state index contributed by atoms with van der Waals surface area (Å²) in [6, 6.07) is 3.38. The number of hydrogen-bond donors (Lipinski definition) is 2. The van der Waals surface area contributed by atoms with Crippen molar-refractivity contribution in [3.8, 4) is 5.75 Å². The Morgan fingerprint density at radius 3 is 2.37 bits per heavy atom. The lowest BCUT2D eigenvalue weighted by Crippen LogP contribution is -2.41. The first kappa shape index (κ1) is 31.8. The van der Waals surface area contributed by atoms with Crippen LogP contribution in [0.15, 0.2) is 18.2 Å². The highest BCUT2D eigenvalue weighted by Gasteiger charge is 2.38. The Labute approximate surface area is 233 Å². The number of aliphatic carboxylic acids is 1. The van der Waals surface area contributed by atoms with Crippen LogP contribution in [-0.4, -0.2) is 83.5 Å². The highest BCUT2D eigenvalue weighted by Crippen LogP contribution is 2.30. The molecule has 0 unspecified atom stereocenters. The SMILES string of the molecule is COC[C@H](C)Nc1nc2c(nc1N1CCC(Oc3ccc(F)cc3F)CC1)CCN(C(C)=O)C2.O=C(O)C(F)(F)F. The molecule has 1 aromatic carbocycles. The largest absolute Gasteiger partial charge is 0.490 e. The predicted molar refractivity (Wildman–Crippen MR) is 138 cm³/mol. The van der Waals surface area contributed by atoms with Gasteiger partial charge in [0.05, 0.1) is 24.5 Å². The van der Waals surface area contributed by atoms with Crippen LogP contribution >= 0.6 is 0 Å². The van der Waals surface area contributed by atoms with Crippen molar-refractivity contribution in [1.82, 2.24) is 14.9 Å². The van der Waals surface area contributed by atoms with Crippen molar-refractivity contribution < 1.29 is 46.1 Å². The Morgan fingerprint density at radius 1 is 1.15 bits per heavy atom. The molecule has 0 aliphatic carbocycles. The number of rotatable bonds is 7. The maximum atomic E-state index is 14.0. The number of carbonyl (C=O) groups is 2. The monoisotopic (exact) mass is 589 g/mol. The first-order chi connectivity index (χ1) is 19.3. The number of fused-ring (bicyclic) bond motifs is 1. The van der Waals surface area contributed by atoms with Gasteiger partial charge in [-0.05, 0) is 19.1 Å². The summed E-state index contributed by atoms with van der Waals surface area (Å²) in [4.78, 5) is 34.5. The number of carboxylic acids is 1. The van der Waals surface area contributed by atoms with Gasteiger partial charge in [0.25, 0.3) is 0 Å². The molecular weight excluding hydrogens is 557 g/mol. The highest BCUT2D eigenvalue weighted by molar-refractivity contribution is 5.74. The van der Waals surface area contributed by atoms with Crippen molar-refractivity contribution >= 4 is 23.5 Å². The number of alkyl halides is 3. The average Bonchev–Trinajstić information content (AvgIpc) is 2.90. The third kappa shape index (κ3) is 8.87. The van der Waals surface area contributed by atoms with E-state index in [0.29, 0.717) is 57.9 Å². The molecule has 1 fully saturated rings. The first-order valence-corrected chi connectivity index (χ1v) is 12.9. The van der Waals surface area contributed by atoms with E-state index in [1.807, 2.05) is 6.92 Å². The molecule has 2 aliphatic heterocycles. The molecular formula is C26H32F5N5O5. The summed E-state index contributed by atoms with van der Waals surface area (Å²) in [7, 11) is 1.65. The van der Waals surface area contributed by atoms with Gasteiger partial charge in [-0.25, -0.2) is 23.5 Å². The number of hydrogen-bond acceptors (Lipinski definition) is 8. The van der Waals surface area contributed by atoms with Crippen LogP contribution in [0.2, 0.25) is 0 Å². The van der Waals surface area contributed by atoms with Crippen LogP contribution < -0.4 is 15.0 Å². The van der Waals surface area contributed by atoms with E-state index in [-0.39, 0.29) is 23.8 Å². The fraction of sp³-hybridized carbons (Fsp3) is 0.538. The molecule has 2 aliphatic rings. The van der Waals surface area contributed by atoms with Gasteiger partial charge in [-0.15, -0.1) is 0 Å². The van der Waals surface area contributed by atoms with E-state index in [4.69, 9.17) is 29.3 Å². The zero-order chi connectivity index (χ0) is 30.3. The summed E-state index contributed by atoms with van der Waals surface area (Å²) >= 11 is 0. The third-order valence-electron chi connectivity index (χ3n) is 6.41. The van der Waals surface area contributed by atoms with Crippen LogP contribution in [0.3, 0.4) is 0 Å². The fourth-order valence-electron chi connectivity index (χ4n) is 4.37. The van der Waals surface area contributed by atoms with Crippen molar-refractivity contribution in [3.63, 3.8) is 0 Å². The maximum absolute atomic E-state index is 14.0. The number of halogens is 5. The normalized spacial score (nSPS) is 16.3. The number of nitrogens with one attached hydrogen (secondary N) is 1. The number of anilines is 2. The van der Waals surface area contributed by atoms with Gasteiger partial charge >= 0.3 is 12.1 Å².